The molecule has 1 N–H and O–H groups in total. The summed E-state index contributed by atoms with van der Waals surface area (Å²) in [6, 6.07) is 0.486. The Morgan fingerprint density at radius 3 is 2.69 bits per heavy atom. The molecule has 80 valence electrons. The van der Waals surface area contributed by atoms with Crippen LogP contribution in [-0.4, -0.2) is 45.4 Å². The molecule has 0 bridgehead atoms. The molecule has 1 atom stereocenters. The molecular formula is C9H20ClNO2. The lowest BCUT2D eigenvalue weighted by Gasteiger charge is -2.12. The van der Waals surface area contributed by atoms with Gasteiger partial charge in [0.1, 0.15) is 0 Å². The quantitative estimate of drug-likeness (QED) is 0.458. The van der Waals surface area contributed by atoms with Gasteiger partial charge in [-0.2, -0.15) is 0 Å². The molecule has 0 heterocycles. The van der Waals surface area contributed by atoms with Gasteiger partial charge in [-0.25, -0.2) is 0 Å². The number of rotatable bonds is 9. The first-order chi connectivity index (χ1) is 6.31. The maximum Gasteiger partial charge on any atom is 0.0602 e. The van der Waals surface area contributed by atoms with E-state index in [1.807, 2.05) is 0 Å². The highest BCUT2D eigenvalue weighted by atomic mass is 35.5. The average molecular weight is 210 g/mol. The molecule has 0 aromatic rings. The monoisotopic (exact) mass is 209 g/mol. The minimum absolute atomic E-state index is 0.486. The maximum absolute atomic E-state index is 5.45. The summed E-state index contributed by atoms with van der Waals surface area (Å²) < 4.78 is 10.2. The number of alkyl halides is 1. The van der Waals surface area contributed by atoms with Gasteiger partial charge >= 0.3 is 0 Å². The van der Waals surface area contributed by atoms with Crippen LogP contribution in [-0.2, 0) is 9.47 Å². The summed E-state index contributed by atoms with van der Waals surface area (Å²) in [6.07, 6.45) is 1.03. The van der Waals surface area contributed by atoms with Gasteiger partial charge < -0.3 is 14.8 Å². The highest BCUT2D eigenvalue weighted by molar-refractivity contribution is 6.17. The van der Waals surface area contributed by atoms with Crippen LogP contribution in [0.5, 0.6) is 0 Å². The highest BCUT2D eigenvalue weighted by Crippen LogP contribution is 1.89. The van der Waals surface area contributed by atoms with Crippen LogP contribution in [0.1, 0.15) is 13.3 Å². The van der Waals surface area contributed by atoms with Crippen molar-refractivity contribution in [3.63, 3.8) is 0 Å². The van der Waals surface area contributed by atoms with Crippen molar-refractivity contribution in [2.45, 2.75) is 19.4 Å². The molecule has 0 aliphatic heterocycles. The summed E-state index contributed by atoms with van der Waals surface area (Å²) >= 11 is 5.45. The summed E-state index contributed by atoms with van der Waals surface area (Å²) in [7, 11) is 1.72. The van der Waals surface area contributed by atoms with Gasteiger partial charge in [-0.3, -0.25) is 0 Å². The first kappa shape index (κ1) is 13.2. The third kappa shape index (κ3) is 10.1. The van der Waals surface area contributed by atoms with Crippen molar-refractivity contribution < 1.29 is 9.47 Å². The first-order valence-electron chi connectivity index (χ1n) is 4.67. The van der Waals surface area contributed by atoms with E-state index in [9.17, 15) is 0 Å². The summed E-state index contributed by atoms with van der Waals surface area (Å²) in [6.45, 7) is 5.18. The van der Waals surface area contributed by atoms with E-state index in [-0.39, 0.29) is 0 Å². The third-order valence-corrected chi connectivity index (χ3v) is 1.87. The molecule has 0 aliphatic carbocycles. The van der Waals surface area contributed by atoms with Crippen LogP contribution >= 0.6 is 11.6 Å². The Labute approximate surface area is 85.7 Å². The highest BCUT2D eigenvalue weighted by Gasteiger charge is 1.99. The van der Waals surface area contributed by atoms with Crippen molar-refractivity contribution >= 4 is 11.6 Å². The molecule has 0 saturated heterocycles. The van der Waals surface area contributed by atoms with E-state index in [0.717, 1.165) is 26.2 Å². The van der Waals surface area contributed by atoms with Crippen molar-refractivity contribution in [2.24, 2.45) is 0 Å². The van der Waals surface area contributed by atoms with Crippen LogP contribution in [0.15, 0.2) is 0 Å². The average Bonchev–Trinajstić information content (AvgIpc) is 2.14. The van der Waals surface area contributed by atoms with Gasteiger partial charge in [0.15, 0.2) is 0 Å². The van der Waals surface area contributed by atoms with Gasteiger partial charge in [0, 0.05) is 32.2 Å². The fourth-order valence-corrected chi connectivity index (χ4v) is 1.04. The predicted octanol–water partition coefficient (Wildman–Crippen LogP) is 1.26. The predicted molar refractivity (Wildman–Crippen MR) is 55.5 cm³/mol. The summed E-state index contributed by atoms with van der Waals surface area (Å²) in [5, 5.41) is 3.33. The molecular weight excluding hydrogens is 190 g/mol. The van der Waals surface area contributed by atoms with Crippen molar-refractivity contribution in [3.05, 3.63) is 0 Å². The summed E-state index contributed by atoms with van der Waals surface area (Å²) in [4.78, 5) is 0. The Balaban J connectivity index is 3.03. The van der Waals surface area contributed by atoms with Crippen LogP contribution in [0.4, 0.5) is 0 Å². The molecule has 0 radical (unpaired) electrons. The van der Waals surface area contributed by atoms with E-state index in [1.165, 1.54) is 0 Å². The van der Waals surface area contributed by atoms with Crippen molar-refractivity contribution in [1.29, 1.82) is 0 Å². The van der Waals surface area contributed by atoms with Crippen LogP contribution in [0.3, 0.4) is 0 Å². The van der Waals surface area contributed by atoms with E-state index in [2.05, 4.69) is 12.2 Å². The Morgan fingerprint density at radius 1 is 1.31 bits per heavy atom. The molecule has 0 aromatic carbocycles. The molecule has 0 aliphatic rings. The van der Waals surface area contributed by atoms with E-state index in [1.54, 1.807) is 7.11 Å². The molecule has 3 nitrogen and oxygen atoms in total. The summed E-state index contributed by atoms with van der Waals surface area (Å²) in [5.74, 6) is 0.569. The molecule has 0 rings (SSSR count). The van der Waals surface area contributed by atoms with Crippen LogP contribution < -0.4 is 5.32 Å². The maximum atomic E-state index is 5.45. The van der Waals surface area contributed by atoms with E-state index >= 15 is 0 Å². The van der Waals surface area contributed by atoms with Crippen molar-refractivity contribution in [2.75, 3.05) is 39.4 Å². The fourth-order valence-electron chi connectivity index (χ4n) is 0.931. The van der Waals surface area contributed by atoms with E-state index in [0.29, 0.717) is 18.5 Å². The minimum Gasteiger partial charge on any atom is -0.385 e. The minimum atomic E-state index is 0.486. The molecule has 4 heteroatoms. The summed E-state index contributed by atoms with van der Waals surface area (Å²) in [5.41, 5.74) is 0. The van der Waals surface area contributed by atoms with Gasteiger partial charge in [-0.05, 0) is 13.3 Å². The molecule has 13 heavy (non-hydrogen) atoms. The lowest BCUT2D eigenvalue weighted by Crippen LogP contribution is -2.30. The third-order valence-electron chi connectivity index (χ3n) is 1.72. The van der Waals surface area contributed by atoms with Gasteiger partial charge in [0.05, 0.1) is 13.2 Å². The lowest BCUT2D eigenvalue weighted by atomic mass is 10.2. The Bertz CT molecular complexity index is 104. The fraction of sp³-hybridized carbons (Fsp3) is 1.00. The van der Waals surface area contributed by atoms with Crippen LogP contribution in [0.2, 0.25) is 0 Å². The molecule has 1 unspecified atom stereocenters. The van der Waals surface area contributed by atoms with Gasteiger partial charge in [0.2, 0.25) is 0 Å². The molecule has 0 fully saturated rings. The van der Waals surface area contributed by atoms with Crippen molar-refractivity contribution in [1.82, 2.24) is 5.32 Å². The standard InChI is InChI=1S/C9H20ClNO2/c1-9(3-6-12-2)11-5-8-13-7-4-10/h9,11H,3-8H2,1-2H3. The van der Waals surface area contributed by atoms with Gasteiger partial charge in [-0.1, -0.05) is 0 Å². The van der Waals surface area contributed by atoms with E-state index in [4.69, 9.17) is 21.1 Å². The normalized spacial score (nSPS) is 13.2. The zero-order valence-electron chi connectivity index (χ0n) is 8.51. The van der Waals surface area contributed by atoms with E-state index < -0.39 is 0 Å². The SMILES string of the molecule is COCCC(C)NCCOCCCl. The number of methoxy groups -OCH3 is 1. The smallest absolute Gasteiger partial charge is 0.0602 e. The zero-order valence-corrected chi connectivity index (χ0v) is 9.27. The topological polar surface area (TPSA) is 30.5 Å². The number of halogens is 1. The number of hydrogen-bond acceptors (Lipinski definition) is 3. The second kappa shape index (κ2) is 10.3. The molecule has 0 saturated carbocycles. The Hall–Kier alpha value is 0.170. The van der Waals surface area contributed by atoms with Gasteiger partial charge in [0.25, 0.3) is 0 Å². The zero-order chi connectivity index (χ0) is 9.94. The second-order valence-electron chi connectivity index (χ2n) is 2.94. The largest absolute Gasteiger partial charge is 0.385 e. The second-order valence-corrected chi connectivity index (χ2v) is 3.32. The number of ether oxygens (including phenoxy) is 2. The molecule has 0 aromatic heterocycles. The number of nitrogens with one attached hydrogen (secondary N) is 1. The Kier molecular flexibility index (Phi) is 10.4. The first-order valence-corrected chi connectivity index (χ1v) is 5.20. The molecule has 0 spiro atoms. The van der Waals surface area contributed by atoms with Crippen molar-refractivity contribution in [3.8, 4) is 0 Å². The van der Waals surface area contributed by atoms with Crippen LogP contribution in [0, 0.1) is 0 Å². The number of hydrogen-bond donors (Lipinski definition) is 1. The van der Waals surface area contributed by atoms with Crippen LogP contribution in [0.25, 0.3) is 0 Å². The lowest BCUT2D eigenvalue weighted by molar-refractivity contribution is 0.144. The van der Waals surface area contributed by atoms with Gasteiger partial charge in [-0.15, -0.1) is 11.6 Å². The Morgan fingerprint density at radius 2 is 2.08 bits per heavy atom. The molecule has 0 amide bonds.